The Morgan fingerprint density at radius 2 is 1.55 bits per heavy atom. The zero-order valence-electron chi connectivity index (χ0n) is 11.2. The maximum atomic E-state index is 6.11. The lowest BCUT2D eigenvalue weighted by Crippen LogP contribution is -2.24. The molecule has 0 radical (unpaired) electrons. The van der Waals surface area contributed by atoms with Gasteiger partial charge in [-0.1, -0.05) is 41.4 Å². The van der Waals surface area contributed by atoms with Crippen LogP contribution in [0.1, 0.15) is 5.56 Å². The summed E-state index contributed by atoms with van der Waals surface area (Å²) in [5, 5.41) is 8.33. The summed E-state index contributed by atoms with van der Waals surface area (Å²) in [5.41, 5.74) is 2.27. The Morgan fingerprint density at radius 1 is 0.800 bits per heavy atom. The van der Waals surface area contributed by atoms with Crippen molar-refractivity contribution >= 4 is 28.9 Å². The lowest BCUT2D eigenvalue weighted by Gasteiger charge is -2.08. The van der Waals surface area contributed by atoms with Crippen molar-refractivity contribution in [3.63, 3.8) is 0 Å². The van der Waals surface area contributed by atoms with Crippen molar-refractivity contribution in [2.75, 3.05) is 25.0 Å². The highest BCUT2D eigenvalue weighted by Gasteiger charge is 1.98. The molecule has 106 valence electrons. The highest BCUT2D eigenvalue weighted by atomic mass is 35.5. The van der Waals surface area contributed by atoms with Gasteiger partial charge in [-0.2, -0.15) is 0 Å². The maximum Gasteiger partial charge on any atom is 0.0438 e. The van der Waals surface area contributed by atoms with E-state index in [1.807, 2.05) is 42.5 Å². The Morgan fingerprint density at radius 3 is 2.30 bits per heavy atom. The Bertz CT molecular complexity index is 526. The van der Waals surface area contributed by atoms with Crippen LogP contribution in [-0.2, 0) is 6.42 Å². The van der Waals surface area contributed by atoms with E-state index in [2.05, 4.69) is 16.7 Å². The van der Waals surface area contributed by atoms with E-state index in [1.165, 1.54) is 5.56 Å². The fraction of sp³-hybridized carbons (Fsp3) is 0.250. The first-order valence-electron chi connectivity index (χ1n) is 6.69. The second kappa shape index (κ2) is 8.15. The molecule has 2 aromatic rings. The van der Waals surface area contributed by atoms with Crippen LogP contribution >= 0.6 is 23.2 Å². The number of anilines is 1. The monoisotopic (exact) mass is 308 g/mol. The molecule has 20 heavy (non-hydrogen) atoms. The summed E-state index contributed by atoms with van der Waals surface area (Å²) in [7, 11) is 0. The minimum atomic E-state index is 0.758. The summed E-state index contributed by atoms with van der Waals surface area (Å²) in [4.78, 5) is 0. The molecule has 0 aliphatic heterocycles. The topological polar surface area (TPSA) is 24.1 Å². The van der Waals surface area contributed by atoms with E-state index in [4.69, 9.17) is 23.2 Å². The molecule has 0 spiro atoms. The third kappa shape index (κ3) is 5.04. The predicted octanol–water partition coefficient (Wildman–Crippen LogP) is 4.24. The van der Waals surface area contributed by atoms with Crippen molar-refractivity contribution in [2.24, 2.45) is 0 Å². The standard InChI is InChI=1S/C16H18Cl2N2/c17-14-5-7-15(8-6-14)20-12-11-19-10-9-13-3-1-2-4-16(13)18/h1-8,19-20H,9-12H2. The van der Waals surface area contributed by atoms with Crippen LogP contribution in [-0.4, -0.2) is 19.6 Å². The van der Waals surface area contributed by atoms with Crippen molar-refractivity contribution in [1.82, 2.24) is 5.32 Å². The van der Waals surface area contributed by atoms with Gasteiger partial charge in [-0.05, 0) is 48.9 Å². The van der Waals surface area contributed by atoms with E-state index >= 15 is 0 Å². The van der Waals surface area contributed by atoms with Gasteiger partial charge in [0.25, 0.3) is 0 Å². The molecular weight excluding hydrogens is 291 g/mol. The van der Waals surface area contributed by atoms with Crippen LogP contribution in [0, 0.1) is 0 Å². The fourth-order valence-corrected chi connectivity index (χ4v) is 2.27. The first-order valence-corrected chi connectivity index (χ1v) is 7.45. The average molecular weight is 309 g/mol. The van der Waals surface area contributed by atoms with Gasteiger partial charge in [0.15, 0.2) is 0 Å². The van der Waals surface area contributed by atoms with Crippen LogP contribution < -0.4 is 10.6 Å². The molecule has 0 saturated heterocycles. The van der Waals surface area contributed by atoms with Gasteiger partial charge >= 0.3 is 0 Å². The summed E-state index contributed by atoms with van der Waals surface area (Å²) in [5.74, 6) is 0. The third-order valence-electron chi connectivity index (χ3n) is 3.00. The molecule has 0 atom stereocenters. The quantitative estimate of drug-likeness (QED) is 0.748. The van der Waals surface area contributed by atoms with E-state index in [-0.39, 0.29) is 0 Å². The Balaban J connectivity index is 1.60. The SMILES string of the molecule is Clc1ccc(NCCNCCc2ccccc2Cl)cc1. The molecule has 0 bridgehead atoms. The van der Waals surface area contributed by atoms with E-state index < -0.39 is 0 Å². The first-order chi connectivity index (χ1) is 9.75. The first kappa shape index (κ1) is 15.2. The van der Waals surface area contributed by atoms with Gasteiger partial charge in [-0.15, -0.1) is 0 Å². The molecule has 2 rings (SSSR count). The third-order valence-corrected chi connectivity index (χ3v) is 3.62. The lowest BCUT2D eigenvalue weighted by molar-refractivity contribution is 0.699. The number of benzene rings is 2. The zero-order valence-corrected chi connectivity index (χ0v) is 12.7. The number of nitrogens with one attached hydrogen (secondary N) is 2. The van der Waals surface area contributed by atoms with Gasteiger partial charge < -0.3 is 10.6 Å². The van der Waals surface area contributed by atoms with Crippen molar-refractivity contribution < 1.29 is 0 Å². The molecule has 0 unspecified atom stereocenters. The van der Waals surface area contributed by atoms with Crippen molar-refractivity contribution in [3.05, 3.63) is 64.1 Å². The number of hydrogen-bond acceptors (Lipinski definition) is 2. The smallest absolute Gasteiger partial charge is 0.0438 e. The molecule has 2 nitrogen and oxygen atoms in total. The van der Waals surface area contributed by atoms with Crippen LogP contribution in [0.15, 0.2) is 48.5 Å². The Hall–Kier alpha value is -1.22. The van der Waals surface area contributed by atoms with Gasteiger partial charge in [-0.25, -0.2) is 0 Å². The normalized spacial score (nSPS) is 10.5. The van der Waals surface area contributed by atoms with Crippen molar-refractivity contribution in [2.45, 2.75) is 6.42 Å². The summed E-state index contributed by atoms with van der Waals surface area (Å²) in [6.07, 6.45) is 0.945. The van der Waals surface area contributed by atoms with Crippen LogP contribution in [0.5, 0.6) is 0 Å². The molecule has 4 heteroatoms. The Labute approximate surface area is 130 Å². The largest absolute Gasteiger partial charge is 0.384 e. The molecular formula is C16H18Cl2N2. The molecule has 0 aromatic heterocycles. The van der Waals surface area contributed by atoms with Crippen molar-refractivity contribution in [1.29, 1.82) is 0 Å². The summed E-state index contributed by atoms with van der Waals surface area (Å²) in [6, 6.07) is 15.7. The van der Waals surface area contributed by atoms with Crippen LogP contribution in [0.3, 0.4) is 0 Å². The molecule has 0 fully saturated rings. The van der Waals surface area contributed by atoms with Gasteiger partial charge in [0, 0.05) is 28.8 Å². The summed E-state index contributed by atoms with van der Waals surface area (Å²) >= 11 is 11.9. The zero-order chi connectivity index (χ0) is 14.2. The highest BCUT2D eigenvalue weighted by Crippen LogP contribution is 2.15. The van der Waals surface area contributed by atoms with E-state index in [0.29, 0.717) is 0 Å². The van der Waals surface area contributed by atoms with Gasteiger partial charge in [0.2, 0.25) is 0 Å². The average Bonchev–Trinajstić information content (AvgIpc) is 2.46. The van der Waals surface area contributed by atoms with Gasteiger partial charge in [0.05, 0.1) is 0 Å². The molecule has 2 N–H and O–H groups in total. The van der Waals surface area contributed by atoms with E-state index in [0.717, 1.165) is 41.8 Å². The fourth-order valence-electron chi connectivity index (χ4n) is 1.91. The second-order valence-electron chi connectivity index (χ2n) is 4.53. The van der Waals surface area contributed by atoms with Crippen molar-refractivity contribution in [3.8, 4) is 0 Å². The number of halogens is 2. The predicted molar refractivity (Wildman–Crippen MR) is 88.0 cm³/mol. The molecule has 0 aliphatic rings. The Kier molecular flexibility index (Phi) is 6.19. The van der Waals surface area contributed by atoms with Gasteiger partial charge in [0.1, 0.15) is 0 Å². The minimum absolute atomic E-state index is 0.758. The molecule has 0 heterocycles. The summed E-state index contributed by atoms with van der Waals surface area (Å²) in [6.45, 7) is 2.71. The lowest BCUT2D eigenvalue weighted by atomic mass is 10.1. The van der Waals surface area contributed by atoms with E-state index in [1.54, 1.807) is 0 Å². The molecule has 2 aromatic carbocycles. The molecule has 0 aliphatic carbocycles. The van der Waals surface area contributed by atoms with Crippen LogP contribution in [0.25, 0.3) is 0 Å². The maximum absolute atomic E-state index is 6.11. The second-order valence-corrected chi connectivity index (χ2v) is 5.37. The molecule has 0 amide bonds. The minimum Gasteiger partial charge on any atom is -0.384 e. The number of rotatable bonds is 7. The van der Waals surface area contributed by atoms with Crippen LogP contribution in [0.4, 0.5) is 5.69 Å². The van der Waals surface area contributed by atoms with Gasteiger partial charge in [-0.3, -0.25) is 0 Å². The molecule has 0 saturated carbocycles. The van der Waals surface area contributed by atoms with E-state index in [9.17, 15) is 0 Å². The number of hydrogen-bond donors (Lipinski definition) is 2. The summed E-state index contributed by atoms with van der Waals surface area (Å²) < 4.78 is 0. The van der Waals surface area contributed by atoms with Crippen LogP contribution in [0.2, 0.25) is 10.0 Å². The highest BCUT2D eigenvalue weighted by molar-refractivity contribution is 6.31.